The quantitative estimate of drug-likeness (QED) is 0.829. The summed E-state index contributed by atoms with van der Waals surface area (Å²) in [5.41, 5.74) is 9.80. The molecule has 6 heteroatoms. The second kappa shape index (κ2) is 7.54. The van der Waals surface area contributed by atoms with Gasteiger partial charge in [0.05, 0.1) is 13.0 Å². The molecule has 2 heterocycles. The van der Waals surface area contributed by atoms with Crippen LogP contribution in [0.25, 0.3) is 0 Å². The van der Waals surface area contributed by atoms with E-state index in [1.165, 1.54) is 0 Å². The van der Waals surface area contributed by atoms with Crippen LogP contribution in [-0.2, 0) is 22.6 Å². The number of nitrogens with two attached hydrogens (primary N) is 1. The maximum absolute atomic E-state index is 13.2. The minimum absolute atomic E-state index is 0.0251. The van der Waals surface area contributed by atoms with Crippen LogP contribution in [0.1, 0.15) is 24.0 Å². The van der Waals surface area contributed by atoms with Crippen LogP contribution in [0, 0.1) is 5.92 Å². The van der Waals surface area contributed by atoms with E-state index < -0.39 is 0 Å². The summed E-state index contributed by atoms with van der Waals surface area (Å²) in [7, 11) is 1.63. The number of likely N-dealkylation sites (tertiary alicyclic amines) is 1. The standard InChI is InChI=1S/C22H25N3O3/c1-28-17-9-7-15(8-10-17)13-24-14-16(12-21(24)26)22(27)25-11-3-4-18-19(23)5-2-6-20(18)25/h2,5-10,16H,3-4,11-14,23H2,1H3. The molecule has 0 spiro atoms. The van der Waals surface area contributed by atoms with Gasteiger partial charge in [-0.2, -0.15) is 0 Å². The fourth-order valence-corrected chi connectivity index (χ4v) is 4.14. The first-order valence-corrected chi connectivity index (χ1v) is 9.66. The molecule has 2 aliphatic rings. The summed E-state index contributed by atoms with van der Waals surface area (Å²) < 4.78 is 5.17. The van der Waals surface area contributed by atoms with E-state index >= 15 is 0 Å². The summed E-state index contributed by atoms with van der Waals surface area (Å²) >= 11 is 0. The molecular formula is C22H25N3O3. The van der Waals surface area contributed by atoms with E-state index in [4.69, 9.17) is 10.5 Å². The van der Waals surface area contributed by atoms with E-state index in [1.54, 1.807) is 12.0 Å². The zero-order valence-electron chi connectivity index (χ0n) is 16.1. The highest BCUT2D eigenvalue weighted by molar-refractivity contribution is 6.00. The number of rotatable bonds is 4. The number of hydrogen-bond donors (Lipinski definition) is 1. The molecule has 2 aromatic rings. The molecule has 28 heavy (non-hydrogen) atoms. The summed E-state index contributed by atoms with van der Waals surface area (Å²) in [4.78, 5) is 29.3. The van der Waals surface area contributed by atoms with Crippen LogP contribution >= 0.6 is 0 Å². The first-order chi connectivity index (χ1) is 13.6. The molecule has 0 radical (unpaired) electrons. The Balaban J connectivity index is 1.47. The van der Waals surface area contributed by atoms with Crippen molar-refractivity contribution in [3.8, 4) is 5.75 Å². The van der Waals surface area contributed by atoms with Gasteiger partial charge in [0.15, 0.2) is 0 Å². The highest BCUT2D eigenvalue weighted by Gasteiger charge is 2.38. The van der Waals surface area contributed by atoms with Crippen molar-refractivity contribution in [2.45, 2.75) is 25.8 Å². The highest BCUT2D eigenvalue weighted by Crippen LogP contribution is 2.33. The van der Waals surface area contributed by atoms with Gasteiger partial charge in [0, 0.05) is 37.4 Å². The van der Waals surface area contributed by atoms with E-state index in [0.717, 1.165) is 41.1 Å². The van der Waals surface area contributed by atoms with Crippen LogP contribution in [0.15, 0.2) is 42.5 Å². The van der Waals surface area contributed by atoms with Crippen LogP contribution in [0.4, 0.5) is 11.4 Å². The topological polar surface area (TPSA) is 75.9 Å². The molecule has 0 saturated carbocycles. The van der Waals surface area contributed by atoms with E-state index in [-0.39, 0.29) is 24.2 Å². The molecule has 0 aliphatic carbocycles. The van der Waals surface area contributed by atoms with E-state index in [2.05, 4.69) is 0 Å². The number of carbonyl (C=O) groups is 2. The Hall–Kier alpha value is -3.02. The average molecular weight is 379 g/mol. The zero-order valence-corrected chi connectivity index (χ0v) is 16.1. The number of hydrogen-bond acceptors (Lipinski definition) is 4. The minimum Gasteiger partial charge on any atom is -0.497 e. The van der Waals surface area contributed by atoms with Crippen LogP contribution in [0.5, 0.6) is 5.75 Å². The number of methoxy groups -OCH3 is 1. The van der Waals surface area contributed by atoms with Gasteiger partial charge < -0.3 is 20.3 Å². The molecule has 146 valence electrons. The molecule has 2 amide bonds. The third kappa shape index (κ3) is 3.42. The molecule has 1 unspecified atom stereocenters. The van der Waals surface area contributed by atoms with Gasteiger partial charge in [-0.1, -0.05) is 18.2 Å². The summed E-state index contributed by atoms with van der Waals surface area (Å²) in [6.45, 7) is 1.65. The number of carbonyl (C=O) groups excluding carboxylic acids is 2. The van der Waals surface area contributed by atoms with Crippen molar-refractivity contribution in [2.24, 2.45) is 5.92 Å². The fourth-order valence-electron chi connectivity index (χ4n) is 4.14. The number of nitrogens with zero attached hydrogens (tertiary/aromatic N) is 2. The molecule has 6 nitrogen and oxygen atoms in total. The molecule has 2 N–H and O–H groups in total. The Morgan fingerprint density at radius 2 is 2.00 bits per heavy atom. The first kappa shape index (κ1) is 18.3. The normalized spacial score (nSPS) is 18.9. The second-order valence-corrected chi connectivity index (χ2v) is 7.46. The summed E-state index contributed by atoms with van der Waals surface area (Å²) in [6.07, 6.45) is 2.05. The Bertz CT molecular complexity index is 894. The molecule has 0 bridgehead atoms. The Labute approximate surface area is 164 Å². The molecule has 2 aliphatic heterocycles. The number of benzene rings is 2. The molecule has 1 atom stereocenters. The number of nitrogen functional groups attached to an aromatic ring is 1. The zero-order chi connectivity index (χ0) is 19.7. The van der Waals surface area contributed by atoms with Crippen LogP contribution in [-0.4, -0.2) is 36.9 Å². The van der Waals surface area contributed by atoms with Crippen molar-refractivity contribution in [1.82, 2.24) is 4.90 Å². The Morgan fingerprint density at radius 3 is 2.75 bits per heavy atom. The molecule has 0 aromatic heterocycles. The highest BCUT2D eigenvalue weighted by atomic mass is 16.5. The monoisotopic (exact) mass is 379 g/mol. The van der Waals surface area contributed by atoms with E-state index in [0.29, 0.717) is 19.6 Å². The summed E-state index contributed by atoms with van der Waals surface area (Å²) in [6, 6.07) is 13.4. The van der Waals surface area contributed by atoms with Gasteiger partial charge in [0.25, 0.3) is 0 Å². The van der Waals surface area contributed by atoms with Gasteiger partial charge in [-0.15, -0.1) is 0 Å². The van der Waals surface area contributed by atoms with Crippen molar-refractivity contribution in [2.75, 3.05) is 30.8 Å². The van der Waals surface area contributed by atoms with Gasteiger partial charge in [-0.05, 0) is 48.2 Å². The number of amides is 2. The molecular weight excluding hydrogens is 354 g/mol. The molecule has 2 aromatic carbocycles. The Morgan fingerprint density at radius 1 is 1.21 bits per heavy atom. The summed E-state index contributed by atoms with van der Waals surface area (Å²) in [5.74, 6) is 0.529. The average Bonchev–Trinajstić information content (AvgIpc) is 3.08. The van der Waals surface area contributed by atoms with Crippen molar-refractivity contribution < 1.29 is 14.3 Å². The van der Waals surface area contributed by atoms with E-state index in [9.17, 15) is 9.59 Å². The van der Waals surface area contributed by atoms with Crippen molar-refractivity contribution in [3.63, 3.8) is 0 Å². The molecule has 1 saturated heterocycles. The van der Waals surface area contributed by atoms with Crippen molar-refractivity contribution in [3.05, 3.63) is 53.6 Å². The lowest BCUT2D eigenvalue weighted by Crippen LogP contribution is -2.40. The summed E-state index contributed by atoms with van der Waals surface area (Å²) in [5, 5.41) is 0. The van der Waals surface area contributed by atoms with Crippen molar-refractivity contribution >= 4 is 23.2 Å². The van der Waals surface area contributed by atoms with Gasteiger partial charge >= 0.3 is 0 Å². The molecule has 1 fully saturated rings. The predicted molar refractivity (Wildman–Crippen MR) is 108 cm³/mol. The van der Waals surface area contributed by atoms with Gasteiger partial charge in [-0.25, -0.2) is 0 Å². The largest absolute Gasteiger partial charge is 0.497 e. The van der Waals surface area contributed by atoms with Gasteiger partial charge in [0.1, 0.15) is 5.75 Å². The Kier molecular flexibility index (Phi) is 4.94. The van der Waals surface area contributed by atoms with Crippen molar-refractivity contribution in [1.29, 1.82) is 0 Å². The lowest BCUT2D eigenvalue weighted by atomic mass is 9.97. The SMILES string of the molecule is COc1ccc(CN2CC(C(=O)N3CCCc4c(N)cccc43)CC2=O)cc1. The van der Waals surface area contributed by atoms with Crippen LogP contribution in [0.2, 0.25) is 0 Å². The van der Waals surface area contributed by atoms with Gasteiger partial charge in [-0.3, -0.25) is 9.59 Å². The maximum atomic E-state index is 13.2. The third-order valence-corrected chi connectivity index (χ3v) is 5.65. The molecule has 4 rings (SSSR count). The van der Waals surface area contributed by atoms with Crippen LogP contribution < -0.4 is 15.4 Å². The fraction of sp³-hybridized carbons (Fsp3) is 0.364. The lowest BCUT2D eigenvalue weighted by Gasteiger charge is -2.32. The number of fused-ring (bicyclic) bond motifs is 1. The third-order valence-electron chi connectivity index (χ3n) is 5.65. The number of ether oxygens (including phenoxy) is 1. The smallest absolute Gasteiger partial charge is 0.232 e. The first-order valence-electron chi connectivity index (χ1n) is 9.66. The van der Waals surface area contributed by atoms with Crippen LogP contribution in [0.3, 0.4) is 0 Å². The second-order valence-electron chi connectivity index (χ2n) is 7.46. The lowest BCUT2D eigenvalue weighted by molar-refractivity contribution is -0.128. The predicted octanol–water partition coefficient (Wildman–Crippen LogP) is 2.61. The minimum atomic E-state index is -0.307. The van der Waals surface area contributed by atoms with Gasteiger partial charge in [0.2, 0.25) is 11.8 Å². The number of anilines is 2. The maximum Gasteiger partial charge on any atom is 0.232 e. The van der Waals surface area contributed by atoms with E-state index in [1.807, 2.05) is 47.4 Å².